The number of hydrogen-bond acceptors (Lipinski definition) is 9. The molecule has 0 saturated heterocycles. The number of hydrogen-bond donors (Lipinski definition) is 3. The average molecular weight is 597 g/mol. The number of anilines is 4. The molecule has 2 heterocycles. The number of para-hydroxylation sites is 1. The third-order valence-corrected chi connectivity index (χ3v) is 7.21. The number of carbonyl (C=O) groups is 1. The van der Waals surface area contributed by atoms with Gasteiger partial charge in [-0.3, -0.25) is 9.35 Å². The summed E-state index contributed by atoms with van der Waals surface area (Å²) in [6.07, 6.45) is 3.60. The zero-order chi connectivity index (χ0) is 33.1. The van der Waals surface area contributed by atoms with Gasteiger partial charge in [-0.15, -0.1) is 0 Å². The quantitative estimate of drug-likeness (QED) is 0.163. The van der Waals surface area contributed by atoms with Gasteiger partial charge in [0.05, 0.1) is 29.9 Å². The Morgan fingerprint density at radius 1 is 1.19 bits per heavy atom. The number of nitrogens with one attached hydrogen (secondary N) is 2. The van der Waals surface area contributed by atoms with E-state index in [2.05, 4.69) is 22.2 Å². The van der Waals surface area contributed by atoms with Crippen molar-refractivity contribution in [1.82, 2.24) is 19.4 Å². The summed E-state index contributed by atoms with van der Waals surface area (Å²) >= 11 is 0. The number of rotatable bonds is 12. The Kier molecular flexibility index (Phi) is 7.93. The fourth-order valence-electron chi connectivity index (χ4n) is 4.40. The first kappa shape index (κ1) is 26.4. The molecule has 0 bridgehead atoms. The van der Waals surface area contributed by atoms with Crippen LogP contribution >= 0.6 is 0 Å². The van der Waals surface area contributed by atoms with Crippen molar-refractivity contribution >= 4 is 49.9 Å². The van der Waals surface area contributed by atoms with Gasteiger partial charge < -0.3 is 29.7 Å². The van der Waals surface area contributed by atoms with Crippen molar-refractivity contribution in [2.45, 2.75) is 0 Å². The first-order chi connectivity index (χ1) is 21.1. The molecule has 0 saturated carbocycles. The summed E-state index contributed by atoms with van der Waals surface area (Å²) in [5, 5.41) is 6.81. The SMILES string of the molecule is [2H]C([2H])([2H])N(C)CCN(C)c1cc(OC)c(Nc2nccc(-c3cn(C)c4ccccc34)n2)cc1NC(=O)C(=C)CS(=O)(=O)O. The highest BCUT2D eigenvalue weighted by atomic mass is 32.2. The van der Waals surface area contributed by atoms with Crippen LogP contribution in [-0.2, 0) is 22.0 Å². The van der Waals surface area contributed by atoms with Crippen molar-refractivity contribution in [2.75, 3.05) is 62.6 Å². The molecule has 0 atom stereocenters. The van der Waals surface area contributed by atoms with Gasteiger partial charge in [-0.05, 0) is 32.2 Å². The number of likely N-dealkylation sites (N-methyl/N-ethyl adjacent to an activating group) is 2. The van der Waals surface area contributed by atoms with Crippen LogP contribution in [0, 0.1) is 0 Å². The van der Waals surface area contributed by atoms with Crippen LogP contribution in [-0.4, -0.2) is 85.3 Å². The molecule has 3 N–H and O–H groups in total. The van der Waals surface area contributed by atoms with Crippen LogP contribution < -0.4 is 20.3 Å². The number of amides is 1. The van der Waals surface area contributed by atoms with E-state index in [1.807, 2.05) is 42.1 Å². The maximum absolute atomic E-state index is 12.9. The smallest absolute Gasteiger partial charge is 0.269 e. The number of ether oxygens (including phenoxy) is 1. The van der Waals surface area contributed by atoms with E-state index in [1.54, 1.807) is 36.3 Å². The van der Waals surface area contributed by atoms with Crippen molar-refractivity contribution in [2.24, 2.45) is 7.05 Å². The molecule has 0 fully saturated rings. The van der Waals surface area contributed by atoms with Crippen LogP contribution in [0.1, 0.15) is 4.11 Å². The topological polar surface area (TPSA) is 142 Å². The van der Waals surface area contributed by atoms with Gasteiger partial charge in [0.15, 0.2) is 0 Å². The molecular weight excluding hydrogens is 558 g/mol. The molecule has 0 radical (unpaired) electrons. The number of aryl methyl sites for hydroxylation is 1. The average Bonchev–Trinajstić information content (AvgIpc) is 3.31. The molecule has 1 amide bonds. The van der Waals surface area contributed by atoms with E-state index in [0.717, 1.165) is 16.5 Å². The third-order valence-electron chi connectivity index (χ3n) is 6.50. The van der Waals surface area contributed by atoms with Gasteiger partial charge in [0.2, 0.25) is 5.95 Å². The molecule has 0 spiro atoms. The molecule has 12 nitrogen and oxygen atoms in total. The van der Waals surface area contributed by atoms with Gasteiger partial charge in [0, 0.05) is 71.8 Å². The molecule has 0 unspecified atom stereocenters. The number of methoxy groups -OCH3 is 1. The molecular formula is C29H35N7O5S. The fraction of sp³-hybridized carbons (Fsp3) is 0.276. The van der Waals surface area contributed by atoms with Crippen LogP contribution in [0.2, 0.25) is 0 Å². The van der Waals surface area contributed by atoms with E-state index in [-0.39, 0.29) is 30.3 Å². The Labute approximate surface area is 249 Å². The molecule has 13 heteroatoms. The van der Waals surface area contributed by atoms with Crippen LogP contribution in [0.4, 0.5) is 23.0 Å². The Balaban J connectivity index is 1.71. The minimum Gasteiger partial charge on any atom is -0.494 e. The second-order valence-corrected chi connectivity index (χ2v) is 11.2. The standard InChI is InChI=1S/C29H35N7O5S/c1-19(18-42(38,39)40)28(37)31-23-15-24(27(41-6)16-26(23)35(4)14-13-34(2)3)33-29-30-12-11-22(32-29)21-17-36(5)25-10-8-7-9-20(21)25/h7-12,15-17H,1,13-14,18H2,2-6H3,(H,31,37)(H,30,32,33)(H,38,39,40)/i2D3. The predicted molar refractivity (Wildman–Crippen MR) is 166 cm³/mol. The minimum atomic E-state index is -4.50. The summed E-state index contributed by atoms with van der Waals surface area (Å²) in [5.41, 5.74) is 3.29. The van der Waals surface area contributed by atoms with Gasteiger partial charge in [-0.1, -0.05) is 24.8 Å². The largest absolute Gasteiger partial charge is 0.494 e. The van der Waals surface area contributed by atoms with Crippen LogP contribution in [0.25, 0.3) is 22.2 Å². The van der Waals surface area contributed by atoms with Crippen LogP contribution in [0.15, 0.2) is 67.0 Å². The minimum absolute atomic E-state index is 0.160. The summed E-state index contributed by atoms with van der Waals surface area (Å²) in [5.74, 6) is -1.20. The summed E-state index contributed by atoms with van der Waals surface area (Å²) in [6.45, 7) is 1.60. The summed E-state index contributed by atoms with van der Waals surface area (Å²) in [6, 6.07) is 12.9. The highest BCUT2D eigenvalue weighted by molar-refractivity contribution is 7.86. The first-order valence-corrected chi connectivity index (χ1v) is 14.4. The van der Waals surface area contributed by atoms with E-state index in [9.17, 15) is 17.8 Å². The maximum Gasteiger partial charge on any atom is 0.269 e. The van der Waals surface area contributed by atoms with Gasteiger partial charge in [0.1, 0.15) is 11.5 Å². The summed E-state index contributed by atoms with van der Waals surface area (Å²) in [4.78, 5) is 24.9. The molecule has 0 aliphatic heterocycles. The van der Waals surface area contributed by atoms with Crippen molar-refractivity contribution in [3.63, 3.8) is 0 Å². The Morgan fingerprint density at radius 2 is 1.95 bits per heavy atom. The molecule has 222 valence electrons. The number of aromatic nitrogens is 3. The Bertz CT molecular complexity index is 1840. The molecule has 2 aromatic heterocycles. The van der Waals surface area contributed by atoms with E-state index in [1.165, 1.54) is 19.1 Å². The first-order valence-electron chi connectivity index (χ1n) is 14.3. The van der Waals surface area contributed by atoms with Gasteiger partial charge in [-0.2, -0.15) is 8.42 Å². The lowest BCUT2D eigenvalue weighted by molar-refractivity contribution is -0.112. The lowest BCUT2D eigenvalue weighted by Gasteiger charge is -2.26. The highest BCUT2D eigenvalue weighted by Crippen LogP contribution is 2.38. The summed E-state index contributed by atoms with van der Waals surface area (Å²) in [7, 11) is 2.10. The number of benzene rings is 2. The lowest BCUT2D eigenvalue weighted by Crippen LogP contribution is -2.29. The fourth-order valence-corrected chi connectivity index (χ4v) is 4.98. The van der Waals surface area contributed by atoms with E-state index < -0.39 is 28.8 Å². The third kappa shape index (κ3) is 7.24. The van der Waals surface area contributed by atoms with Crippen LogP contribution in [0.3, 0.4) is 0 Å². The zero-order valence-electron chi connectivity index (χ0n) is 26.7. The van der Waals surface area contributed by atoms with Crippen molar-refractivity contribution in [3.05, 3.63) is 67.0 Å². The van der Waals surface area contributed by atoms with Crippen molar-refractivity contribution < 1.29 is 26.6 Å². The zero-order valence-corrected chi connectivity index (χ0v) is 24.6. The van der Waals surface area contributed by atoms with E-state index >= 15 is 0 Å². The molecule has 42 heavy (non-hydrogen) atoms. The van der Waals surface area contributed by atoms with Gasteiger partial charge in [-0.25, -0.2) is 9.97 Å². The lowest BCUT2D eigenvalue weighted by atomic mass is 10.1. The Morgan fingerprint density at radius 3 is 2.67 bits per heavy atom. The normalized spacial score (nSPS) is 12.9. The van der Waals surface area contributed by atoms with Crippen molar-refractivity contribution in [1.29, 1.82) is 0 Å². The second kappa shape index (κ2) is 12.6. The number of carbonyl (C=O) groups excluding carboxylic acids is 1. The molecule has 0 aliphatic rings. The maximum atomic E-state index is 12.9. The van der Waals surface area contributed by atoms with Gasteiger partial charge in [0.25, 0.3) is 16.0 Å². The number of fused-ring (bicyclic) bond motifs is 1. The van der Waals surface area contributed by atoms with E-state index in [4.69, 9.17) is 13.8 Å². The van der Waals surface area contributed by atoms with E-state index in [0.29, 0.717) is 22.8 Å². The summed E-state index contributed by atoms with van der Waals surface area (Å²) < 4.78 is 62.4. The molecule has 0 aliphatic carbocycles. The van der Waals surface area contributed by atoms with Crippen molar-refractivity contribution in [3.8, 4) is 17.0 Å². The highest BCUT2D eigenvalue weighted by Gasteiger charge is 2.20. The predicted octanol–water partition coefficient (Wildman–Crippen LogP) is 3.77. The van der Waals surface area contributed by atoms with Gasteiger partial charge >= 0.3 is 0 Å². The number of nitrogens with zero attached hydrogens (tertiary/aromatic N) is 5. The second-order valence-electron chi connectivity index (χ2n) is 9.76. The van der Waals surface area contributed by atoms with Crippen LogP contribution in [0.5, 0.6) is 5.75 Å². The molecule has 2 aromatic carbocycles. The monoisotopic (exact) mass is 596 g/mol. The molecule has 4 rings (SSSR count). The molecule has 4 aromatic rings. The Hall–Kier alpha value is -4.46.